The van der Waals surface area contributed by atoms with Crippen LogP contribution in [0.15, 0.2) is 22.3 Å². The minimum Gasteiger partial charge on any atom is -0.477 e. The number of nitrogens with zero attached hydrogens (tertiary/aromatic N) is 3. The van der Waals surface area contributed by atoms with Gasteiger partial charge in [-0.3, -0.25) is 14.5 Å². The Kier molecular flexibility index (Phi) is 5.37. The maximum Gasteiger partial charge on any atom is 0.352 e. The number of carbonyl (C=O) groups excluding carboxylic acids is 2. The van der Waals surface area contributed by atoms with E-state index < -0.39 is 29.2 Å². The third-order valence-electron chi connectivity index (χ3n) is 3.69. The lowest BCUT2D eigenvalue weighted by atomic mass is 10.0. The number of aromatic nitrogens is 1. The number of hydrogen-bond donors (Lipinski definition) is 3. The minimum absolute atomic E-state index is 0.0708. The van der Waals surface area contributed by atoms with E-state index in [0.29, 0.717) is 5.75 Å². The van der Waals surface area contributed by atoms with E-state index in [1.165, 1.54) is 22.7 Å². The molecule has 1 aromatic rings. The van der Waals surface area contributed by atoms with Crippen molar-refractivity contribution in [1.82, 2.24) is 15.2 Å². The molecule has 1 fully saturated rings. The number of fused-ring (bicyclic) bond motifs is 1. The van der Waals surface area contributed by atoms with Crippen LogP contribution in [0.5, 0.6) is 0 Å². The van der Waals surface area contributed by atoms with Crippen molar-refractivity contribution in [2.45, 2.75) is 31.4 Å². The molecule has 1 saturated heterocycles. The molecule has 27 heavy (non-hydrogen) atoms. The fourth-order valence-electron chi connectivity index (χ4n) is 2.51. The van der Waals surface area contributed by atoms with Gasteiger partial charge in [0, 0.05) is 11.1 Å². The summed E-state index contributed by atoms with van der Waals surface area (Å²) in [7, 11) is 0. The number of nitrogen functional groups attached to an aromatic ring is 1. The molecule has 2 atom stereocenters. The van der Waals surface area contributed by atoms with E-state index in [0.717, 1.165) is 11.3 Å². The molecule has 1 unspecified atom stereocenters. The van der Waals surface area contributed by atoms with Crippen molar-refractivity contribution < 1.29 is 24.3 Å². The predicted octanol–water partition coefficient (Wildman–Crippen LogP) is 0.223. The first-order chi connectivity index (χ1) is 12.8. The Labute approximate surface area is 162 Å². The first kappa shape index (κ1) is 19.2. The van der Waals surface area contributed by atoms with Gasteiger partial charge in [-0.15, -0.1) is 23.1 Å². The Hall–Kier alpha value is -2.60. The summed E-state index contributed by atoms with van der Waals surface area (Å²) >= 11 is 2.51. The van der Waals surface area contributed by atoms with Crippen molar-refractivity contribution in [3.05, 3.63) is 22.8 Å². The summed E-state index contributed by atoms with van der Waals surface area (Å²) in [5.74, 6) is -1.88. The number of thioether (sulfide) groups is 1. The summed E-state index contributed by atoms with van der Waals surface area (Å²) in [6.07, 6.45) is 1.21. The van der Waals surface area contributed by atoms with Crippen LogP contribution in [0.4, 0.5) is 5.13 Å². The van der Waals surface area contributed by atoms with Gasteiger partial charge in [-0.25, -0.2) is 9.78 Å². The van der Waals surface area contributed by atoms with Crippen LogP contribution in [0, 0.1) is 0 Å². The number of oxime groups is 1. The SMILES string of the molecule is CC(C)ON=C(C(=O)NC1C(=O)N2C(C(=O)O)=CCS[C@H]12)c1csc(N)n1. The molecule has 12 heteroatoms. The van der Waals surface area contributed by atoms with E-state index in [4.69, 9.17) is 10.6 Å². The molecule has 0 spiro atoms. The number of hydrogen-bond acceptors (Lipinski definition) is 9. The Morgan fingerprint density at radius 1 is 1.52 bits per heavy atom. The Morgan fingerprint density at radius 3 is 2.85 bits per heavy atom. The lowest BCUT2D eigenvalue weighted by Gasteiger charge is -2.48. The van der Waals surface area contributed by atoms with Gasteiger partial charge in [0.15, 0.2) is 10.8 Å². The summed E-state index contributed by atoms with van der Waals surface area (Å²) in [4.78, 5) is 46.7. The van der Waals surface area contributed by atoms with Gasteiger partial charge < -0.3 is 21.0 Å². The lowest BCUT2D eigenvalue weighted by molar-refractivity contribution is -0.150. The zero-order valence-electron chi connectivity index (χ0n) is 14.4. The van der Waals surface area contributed by atoms with Crippen LogP contribution >= 0.6 is 23.1 Å². The summed E-state index contributed by atoms with van der Waals surface area (Å²) in [5.41, 5.74) is 5.69. The topological polar surface area (TPSA) is 147 Å². The fourth-order valence-corrected chi connectivity index (χ4v) is 4.25. The average molecular weight is 411 g/mol. The highest BCUT2D eigenvalue weighted by molar-refractivity contribution is 8.00. The molecule has 10 nitrogen and oxygen atoms in total. The zero-order valence-corrected chi connectivity index (χ0v) is 16.0. The molecule has 0 saturated carbocycles. The number of β-lactam (4-membered cyclic amide) rings is 1. The standard InChI is InChI=1S/C15H17N5O5S2/c1-6(2)25-19-9(7-5-27-15(16)17-7)11(21)18-10-12(22)20-8(14(23)24)3-4-26-13(10)20/h3,5-6,10,13H,4H2,1-2H3,(H2,16,17)(H,18,21)(H,23,24)/t10?,13-/m1/s1. The molecule has 4 N–H and O–H groups in total. The van der Waals surface area contributed by atoms with Crippen LogP contribution in [0.1, 0.15) is 19.5 Å². The number of nitrogens with two attached hydrogens (primary N) is 1. The Balaban J connectivity index is 1.77. The first-order valence-electron chi connectivity index (χ1n) is 7.93. The largest absolute Gasteiger partial charge is 0.477 e. The van der Waals surface area contributed by atoms with Crippen LogP contribution in [0.25, 0.3) is 0 Å². The molecule has 3 rings (SSSR count). The number of thiazole rings is 1. The van der Waals surface area contributed by atoms with E-state index in [1.54, 1.807) is 19.2 Å². The van der Waals surface area contributed by atoms with Gasteiger partial charge in [0.25, 0.3) is 11.8 Å². The number of amides is 2. The highest BCUT2D eigenvalue weighted by Gasteiger charge is 2.53. The highest BCUT2D eigenvalue weighted by Crippen LogP contribution is 2.37. The maximum atomic E-state index is 12.7. The smallest absolute Gasteiger partial charge is 0.352 e. The van der Waals surface area contributed by atoms with Crippen LogP contribution in [-0.2, 0) is 19.2 Å². The second-order valence-electron chi connectivity index (χ2n) is 5.94. The zero-order chi connectivity index (χ0) is 19.7. The van der Waals surface area contributed by atoms with Crippen molar-refractivity contribution in [2.75, 3.05) is 11.5 Å². The van der Waals surface area contributed by atoms with Crippen molar-refractivity contribution in [2.24, 2.45) is 5.16 Å². The summed E-state index contributed by atoms with van der Waals surface area (Å²) in [5, 5.41) is 17.0. The molecule has 2 aliphatic rings. The van der Waals surface area contributed by atoms with E-state index >= 15 is 0 Å². The maximum absolute atomic E-state index is 12.7. The number of carboxylic acids is 1. The predicted molar refractivity (Wildman–Crippen MR) is 100 cm³/mol. The molecule has 0 radical (unpaired) electrons. The summed E-state index contributed by atoms with van der Waals surface area (Å²) < 4.78 is 0. The van der Waals surface area contributed by atoms with E-state index in [1.807, 2.05) is 0 Å². The van der Waals surface area contributed by atoms with Crippen molar-refractivity contribution >= 4 is 51.7 Å². The van der Waals surface area contributed by atoms with Gasteiger partial charge >= 0.3 is 5.97 Å². The van der Waals surface area contributed by atoms with Crippen LogP contribution < -0.4 is 11.1 Å². The number of nitrogens with one attached hydrogen (secondary N) is 1. The number of carboxylic acid groups (broad SMARTS) is 1. The Bertz CT molecular complexity index is 849. The minimum atomic E-state index is -1.18. The van der Waals surface area contributed by atoms with Gasteiger partial charge in [-0.2, -0.15) is 0 Å². The van der Waals surface area contributed by atoms with Crippen molar-refractivity contribution in [1.29, 1.82) is 0 Å². The van der Waals surface area contributed by atoms with Crippen LogP contribution in [0.2, 0.25) is 0 Å². The molecule has 0 aliphatic carbocycles. The van der Waals surface area contributed by atoms with Gasteiger partial charge in [0.05, 0.1) is 0 Å². The number of aliphatic carboxylic acids is 1. The lowest BCUT2D eigenvalue weighted by Crippen LogP contribution is -2.70. The van der Waals surface area contributed by atoms with E-state index in [-0.39, 0.29) is 28.3 Å². The second-order valence-corrected chi connectivity index (χ2v) is 7.98. The molecular formula is C15H17N5O5S2. The van der Waals surface area contributed by atoms with Gasteiger partial charge in [0.1, 0.15) is 28.9 Å². The van der Waals surface area contributed by atoms with E-state index in [2.05, 4.69) is 15.5 Å². The molecule has 2 aliphatic heterocycles. The number of rotatable bonds is 6. The molecule has 0 aromatic carbocycles. The van der Waals surface area contributed by atoms with Crippen molar-refractivity contribution in [3.63, 3.8) is 0 Å². The second kappa shape index (κ2) is 7.56. The third-order valence-corrected chi connectivity index (χ3v) is 5.54. The monoisotopic (exact) mass is 411 g/mol. The summed E-state index contributed by atoms with van der Waals surface area (Å²) in [6, 6.07) is -0.856. The summed E-state index contributed by atoms with van der Waals surface area (Å²) in [6.45, 7) is 3.50. The highest BCUT2D eigenvalue weighted by atomic mass is 32.2. The first-order valence-corrected chi connectivity index (χ1v) is 9.86. The molecule has 2 amide bonds. The molecule has 144 valence electrons. The van der Waals surface area contributed by atoms with Crippen LogP contribution in [0.3, 0.4) is 0 Å². The molecule has 3 heterocycles. The molecular weight excluding hydrogens is 394 g/mol. The number of anilines is 1. The van der Waals surface area contributed by atoms with Crippen LogP contribution in [-0.4, -0.2) is 61.8 Å². The Morgan fingerprint density at radius 2 is 2.26 bits per heavy atom. The normalized spacial score (nSPS) is 22.0. The molecule has 0 bridgehead atoms. The number of carbonyl (C=O) groups is 3. The van der Waals surface area contributed by atoms with Gasteiger partial charge in [0.2, 0.25) is 0 Å². The quantitative estimate of drug-likeness (QED) is 0.342. The van der Waals surface area contributed by atoms with Gasteiger partial charge in [-0.05, 0) is 19.9 Å². The van der Waals surface area contributed by atoms with E-state index in [9.17, 15) is 19.5 Å². The average Bonchev–Trinajstić information content (AvgIpc) is 3.04. The fraction of sp³-hybridized carbons (Fsp3) is 0.400. The van der Waals surface area contributed by atoms with Gasteiger partial charge in [-0.1, -0.05) is 5.16 Å². The third kappa shape index (κ3) is 3.76. The molecule has 1 aromatic heterocycles. The van der Waals surface area contributed by atoms with Crippen molar-refractivity contribution in [3.8, 4) is 0 Å².